The molecule has 4 unspecified atom stereocenters. The third-order valence-corrected chi connectivity index (χ3v) is 6.64. The third-order valence-electron chi connectivity index (χ3n) is 6.64. The lowest BCUT2D eigenvalue weighted by Gasteiger charge is -2.33. The molecule has 3 fully saturated rings. The molecule has 3 aliphatic rings. The van der Waals surface area contributed by atoms with Crippen molar-refractivity contribution in [1.82, 2.24) is 21.1 Å². The third kappa shape index (κ3) is 5.09. The normalized spacial score (nSPS) is 31.4. The van der Waals surface area contributed by atoms with Gasteiger partial charge in [0.1, 0.15) is 0 Å². The highest BCUT2D eigenvalue weighted by molar-refractivity contribution is 5.76. The number of carbonyl (C=O) groups excluding carboxylic acids is 1. The number of rotatable bonds is 6. The fraction of sp³-hybridized carbons (Fsp3) is 0.682. The Morgan fingerprint density at radius 3 is 2.81 bits per heavy atom. The minimum Gasteiger partial charge on any atom is -0.356 e. The van der Waals surface area contributed by atoms with Crippen LogP contribution in [0.5, 0.6) is 0 Å². The van der Waals surface area contributed by atoms with E-state index in [4.69, 9.17) is 0 Å². The molecule has 5 heteroatoms. The molecule has 2 heterocycles. The first-order valence-corrected chi connectivity index (χ1v) is 10.8. The van der Waals surface area contributed by atoms with Crippen LogP contribution < -0.4 is 16.2 Å². The summed E-state index contributed by atoms with van der Waals surface area (Å²) < 4.78 is 0. The number of nitrogens with zero attached hydrogens (tertiary/aromatic N) is 1. The van der Waals surface area contributed by atoms with Gasteiger partial charge >= 0.3 is 0 Å². The molecule has 27 heavy (non-hydrogen) atoms. The Hall–Kier alpha value is -1.43. The Balaban J connectivity index is 1.19. The summed E-state index contributed by atoms with van der Waals surface area (Å²) in [5.41, 5.74) is 8.17. The number of hydrazine groups is 1. The highest BCUT2D eigenvalue weighted by Gasteiger charge is 2.38. The van der Waals surface area contributed by atoms with E-state index in [9.17, 15) is 4.79 Å². The topological polar surface area (TPSA) is 56.4 Å². The average Bonchev–Trinajstić information content (AvgIpc) is 3.10. The van der Waals surface area contributed by atoms with Crippen molar-refractivity contribution in [3.63, 3.8) is 0 Å². The summed E-state index contributed by atoms with van der Waals surface area (Å²) in [5, 5.41) is 3.23. The lowest BCUT2D eigenvalue weighted by atomic mass is 9.81. The lowest BCUT2D eigenvalue weighted by molar-refractivity contribution is -0.122. The molecule has 1 aliphatic carbocycles. The van der Waals surface area contributed by atoms with Crippen molar-refractivity contribution in [1.29, 1.82) is 0 Å². The maximum Gasteiger partial charge on any atom is 0.221 e. The summed E-state index contributed by atoms with van der Waals surface area (Å²) in [5.74, 6) is 1.41. The van der Waals surface area contributed by atoms with Crippen molar-refractivity contribution in [2.45, 2.75) is 63.6 Å². The van der Waals surface area contributed by atoms with Crippen molar-refractivity contribution in [2.75, 3.05) is 19.6 Å². The van der Waals surface area contributed by atoms with Gasteiger partial charge in [-0.05, 0) is 49.6 Å². The second-order valence-corrected chi connectivity index (χ2v) is 8.69. The van der Waals surface area contributed by atoms with E-state index >= 15 is 0 Å². The molecule has 3 N–H and O–H groups in total. The van der Waals surface area contributed by atoms with E-state index in [1.807, 2.05) is 0 Å². The number of benzene rings is 1. The SMILES string of the molecule is O=C(CC1NNC2CCCCC21)NCC1CCCN(Cc2ccccc2)C1. The second kappa shape index (κ2) is 9.18. The van der Waals surface area contributed by atoms with Crippen molar-refractivity contribution in [3.8, 4) is 0 Å². The Morgan fingerprint density at radius 2 is 1.93 bits per heavy atom. The van der Waals surface area contributed by atoms with Crippen LogP contribution in [-0.2, 0) is 11.3 Å². The number of piperidine rings is 1. The Labute approximate surface area is 163 Å². The van der Waals surface area contributed by atoms with Gasteiger partial charge in [-0.1, -0.05) is 43.2 Å². The summed E-state index contributed by atoms with van der Waals surface area (Å²) in [6.07, 6.45) is 8.17. The van der Waals surface area contributed by atoms with Gasteiger partial charge in [0.2, 0.25) is 5.91 Å². The molecular weight excluding hydrogens is 336 g/mol. The predicted molar refractivity (Wildman–Crippen MR) is 108 cm³/mol. The van der Waals surface area contributed by atoms with Gasteiger partial charge in [0.15, 0.2) is 0 Å². The molecule has 2 saturated heterocycles. The molecule has 1 aromatic carbocycles. The minimum atomic E-state index is 0.209. The zero-order valence-electron chi connectivity index (χ0n) is 16.3. The first kappa shape index (κ1) is 18.9. The fourth-order valence-electron chi connectivity index (χ4n) is 5.18. The van der Waals surface area contributed by atoms with Crippen molar-refractivity contribution >= 4 is 5.91 Å². The minimum absolute atomic E-state index is 0.209. The summed E-state index contributed by atoms with van der Waals surface area (Å²) in [4.78, 5) is 15.0. The monoisotopic (exact) mass is 370 g/mol. The van der Waals surface area contributed by atoms with Crippen LogP contribution in [0.2, 0.25) is 0 Å². The van der Waals surface area contributed by atoms with Gasteiger partial charge in [0, 0.05) is 38.1 Å². The van der Waals surface area contributed by atoms with E-state index in [2.05, 4.69) is 51.4 Å². The van der Waals surface area contributed by atoms with Crippen LogP contribution in [-0.4, -0.2) is 42.5 Å². The van der Waals surface area contributed by atoms with Crippen LogP contribution in [0.4, 0.5) is 0 Å². The van der Waals surface area contributed by atoms with Crippen LogP contribution >= 0.6 is 0 Å². The van der Waals surface area contributed by atoms with Crippen LogP contribution in [0.25, 0.3) is 0 Å². The second-order valence-electron chi connectivity index (χ2n) is 8.69. The van der Waals surface area contributed by atoms with Gasteiger partial charge in [-0.15, -0.1) is 0 Å². The van der Waals surface area contributed by atoms with Crippen molar-refractivity contribution in [2.24, 2.45) is 11.8 Å². The molecule has 148 valence electrons. The number of amides is 1. The molecule has 1 amide bonds. The molecule has 0 aromatic heterocycles. The van der Waals surface area contributed by atoms with Crippen molar-refractivity contribution in [3.05, 3.63) is 35.9 Å². The van der Waals surface area contributed by atoms with Crippen LogP contribution in [0.3, 0.4) is 0 Å². The molecule has 1 aromatic rings. The van der Waals surface area contributed by atoms with Gasteiger partial charge in [-0.2, -0.15) is 0 Å². The largest absolute Gasteiger partial charge is 0.356 e. The molecule has 0 bridgehead atoms. The van der Waals surface area contributed by atoms with Gasteiger partial charge in [0.05, 0.1) is 0 Å². The van der Waals surface area contributed by atoms with E-state index in [0.717, 1.165) is 19.6 Å². The summed E-state index contributed by atoms with van der Waals surface area (Å²) in [6, 6.07) is 11.6. The highest BCUT2D eigenvalue weighted by atomic mass is 16.1. The van der Waals surface area contributed by atoms with E-state index in [-0.39, 0.29) is 5.91 Å². The molecule has 5 nitrogen and oxygen atoms in total. The Morgan fingerprint density at radius 1 is 1.07 bits per heavy atom. The first-order chi connectivity index (χ1) is 13.3. The number of hydrogen-bond acceptors (Lipinski definition) is 4. The van der Waals surface area contributed by atoms with Crippen LogP contribution in [0.15, 0.2) is 30.3 Å². The zero-order valence-corrected chi connectivity index (χ0v) is 16.3. The number of likely N-dealkylation sites (tertiary alicyclic amines) is 1. The quantitative estimate of drug-likeness (QED) is 0.720. The van der Waals surface area contributed by atoms with E-state index in [0.29, 0.717) is 30.3 Å². The fourth-order valence-corrected chi connectivity index (χ4v) is 5.18. The Kier molecular flexibility index (Phi) is 6.43. The molecule has 4 rings (SSSR count). The van der Waals surface area contributed by atoms with Gasteiger partial charge in [0.25, 0.3) is 0 Å². The predicted octanol–water partition coefficient (Wildman–Crippen LogP) is 2.44. The van der Waals surface area contributed by atoms with Crippen molar-refractivity contribution < 1.29 is 4.79 Å². The molecule has 4 atom stereocenters. The number of nitrogens with one attached hydrogen (secondary N) is 3. The summed E-state index contributed by atoms with van der Waals surface area (Å²) in [7, 11) is 0. The molecule has 1 saturated carbocycles. The highest BCUT2D eigenvalue weighted by Crippen LogP contribution is 2.31. The standard InChI is InChI=1S/C22H34N4O/c27-22(13-21-19-10-4-5-11-20(19)24-25-21)23-14-18-9-6-12-26(16-18)15-17-7-2-1-3-8-17/h1-3,7-8,18-21,24-25H,4-6,9-16H2,(H,23,27). The molecule has 0 spiro atoms. The van der Waals surface area contributed by atoms with E-state index in [1.54, 1.807) is 0 Å². The van der Waals surface area contributed by atoms with E-state index in [1.165, 1.54) is 50.6 Å². The zero-order chi connectivity index (χ0) is 18.5. The van der Waals surface area contributed by atoms with Gasteiger partial charge in [-0.25, -0.2) is 0 Å². The maximum absolute atomic E-state index is 12.5. The summed E-state index contributed by atoms with van der Waals surface area (Å²) in [6.45, 7) is 4.09. The van der Waals surface area contributed by atoms with Gasteiger partial charge < -0.3 is 5.32 Å². The molecule has 0 radical (unpaired) electrons. The lowest BCUT2D eigenvalue weighted by Crippen LogP contribution is -2.42. The van der Waals surface area contributed by atoms with Gasteiger partial charge in [-0.3, -0.25) is 20.5 Å². The molecular formula is C22H34N4O. The average molecular weight is 371 g/mol. The number of carbonyl (C=O) groups is 1. The first-order valence-electron chi connectivity index (χ1n) is 10.8. The number of hydrogen-bond donors (Lipinski definition) is 3. The molecule has 2 aliphatic heterocycles. The van der Waals surface area contributed by atoms with Crippen LogP contribution in [0.1, 0.15) is 50.5 Å². The smallest absolute Gasteiger partial charge is 0.221 e. The Bertz CT molecular complexity index is 608. The van der Waals surface area contributed by atoms with Crippen LogP contribution in [0, 0.1) is 11.8 Å². The maximum atomic E-state index is 12.5. The van der Waals surface area contributed by atoms with E-state index < -0.39 is 0 Å². The number of fused-ring (bicyclic) bond motifs is 1. The summed E-state index contributed by atoms with van der Waals surface area (Å²) >= 11 is 0.